The van der Waals surface area contributed by atoms with Crippen LogP contribution in [-0.4, -0.2) is 24.3 Å². The molecule has 3 amide bonds. The number of imide groups is 1. The summed E-state index contributed by atoms with van der Waals surface area (Å²) in [5.74, 6) is -0.406. The molecule has 0 bridgehead atoms. The molecule has 0 saturated heterocycles. The number of hydrogen-bond donors (Lipinski definition) is 1. The smallest absolute Gasteiger partial charge is 0.266 e. The Morgan fingerprint density at radius 3 is 2.16 bits per heavy atom. The number of aryl methyl sites for hydroxylation is 2. The van der Waals surface area contributed by atoms with Gasteiger partial charge in [-0.1, -0.05) is 18.2 Å². The Balaban J connectivity index is 1.41. The summed E-state index contributed by atoms with van der Waals surface area (Å²) in [5, 5.41) is 2.75. The Morgan fingerprint density at radius 2 is 1.58 bits per heavy atom. The number of carbonyl (C=O) groups excluding carboxylic acids is 3. The largest absolute Gasteiger partial charge is 0.482 e. The minimum Gasteiger partial charge on any atom is -0.482 e. The van der Waals surface area contributed by atoms with E-state index in [1.807, 2.05) is 26.0 Å². The van der Waals surface area contributed by atoms with Gasteiger partial charge in [-0.15, -0.1) is 0 Å². The number of amides is 3. The Kier molecular flexibility index (Phi) is 5.61. The minimum absolute atomic E-state index is 0.150. The van der Waals surface area contributed by atoms with Crippen molar-refractivity contribution in [2.24, 2.45) is 0 Å². The van der Waals surface area contributed by atoms with Gasteiger partial charge in [-0.3, -0.25) is 14.4 Å². The summed E-state index contributed by atoms with van der Waals surface area (Å²) in [4.78, 5) is 38.6. The van der Waals surface area contributed by atoms with Crippen LogP contribution in [-0.2, 0) is 4.79 Å². The Hall–Kier alpha value is -3.45. The predicted octanol–water partition coefficient (Wildman–Crippen LogP) is 4.88. The monoisotopic (exact) mass is 478 g/mol. The van der Waals surface area contributed by atoms with Crippen LogP contribution in [0.4, 0.5) is 11.4 Å². The van der Waals surface area contributed by atoms with Crippen molar-refractivity contribution in [2.75, 3.05) is 16.8 Å². The molecule has 0 aromatic heterocycles. The Morgan fingerprint density at radius 1 is 0.968 bits per heavy atom. The van der Waals surface area contributed by atoms with Gasteiger partial charge in [0.05, 0.1) is 21.3 Å². The first kappa shape index (κ1) is 20.8. The summed E-state index contributed by atoms with van der Waals surface area (Å²) in [5.41, 5.74) is 3.79. The van der Waals surface area contributed by atoms with E-state index >= 15 is 0 Å². The summed E-state index contributed by atoms with van der Waals surface area (Å²) >= 11 is 3.46. The van der Waals surface area contributed by atoms with Crippen LogP contribution < -0.4 is 15.0 Å². The number of benzene rings is 3. The second kappa shape index (κ2) is 8.35. The molecule has 0 saturated carbocycles. The molecular weight excluding hydrogens is 460 g/mol. The molecule has 6 nitrogen and oxygen atoms in total. The van der Waals surface area contributed by atoms with Crippen LogP contribution in [0.1, 0.15) is 31.8 Å². The van der Waals surface area contributed by atoms with Crippen molar-refractivity contribution in [3.63, 3.8) is 0 Å². The maximum absolute atomic E-state index is 12.6. The highest BCUT2D eigenvalue weighted by Gasteiger charge is 2.36. The lowest BCUT2D eigenvalue weighted by Gasteiger charge is -2.15. The number of hydrogen-bond acceptors (Lipinski definition) is 4. The molecular formula is C24H19BrN2O4. The lowest BCUT2D eigenvalue weighted by atomic mass is 10.1. The quantitative estimate of drug-likeness (QED) is 0.530. The summed E-state index contributed by atoms with van der Waals surface area (Å²) in [6, 6.07) is 17.2. The molecule has 156 valence electrons. The number of halogens is 1. The maximum Gasteiger partial charge on any atom is 0.266 e. The molecule has 0 fully saturated rings. The normalized spacial score (nSPS) is 12.7. The highest BCUT2D eigenvalue weighted by atomic mass is 79.9. The standard InChI is InChI=1S/C24H19BrN2O4/c1-14-11-15(2)22(20(25)12-14)31-13-21(28)26-16-7-9-17(10-8-16)27-23(29)18-5-3-4-6-19(18)24(27)30/h3-12H,13H2,1-2H3,(H,26,28). The van der Waals surface area contributed by atoms with Crippen LogP contribution in [0.3, 0.4) is 0 Å². The maximum atomic E-state index is 12.6. The highest BCUT2D eigenvalue weighted by Crippen LogP contribution is 2.31. The van der Waals surface area contributed by atoms with E-state index in [2.05, 4.69) is 21.2 Å². The topological polar surface area (TPSA) is 75.7 Å². The van der Waals surface area contributed by atoms with E-state index in [-0.39, 0.29) is 24.3 Å². The number of nitrogens with zero attached hydrogens (tertiary/aromatic N) is 1. The fraction of sp³-hybridized carbons (Fsp3) is 0.125. The molecule has 31 heavy (non-hydrogen) atoms. The zero-order valence-electron chi connectivity index (χ0n) is 16.9. The van der Waals surface area contributed by atoms with E-state index in [0.29, 0.717) is 28.3 Å². The third-order valence-electron chi connectivity index (χ3n) is 4.92. The molecule has 7 heteroatoms. The first-order valence-electron chi connectivity index (χ1n) is 9.62. The second-order valence-electron chi connectivity index (χ2n) is 7.27. The van der Waals surface area contributed by atoms with Crippen LogP contribution in [0.15, 0.2) is 65.1 Å². The van der Waals surface area contributed by atoms with Crippen molar-refractivity contribution in [2.45, 2.75) is 13.8 Å². The molecule has 4 rings (SSSR count). The average Bonchev–Trinajstić information content (AvgIpc) is 2.98. The van der Waals surface area contributed by atoms with Gasteiger partial charge < -0.3 is 10.1 Å². The van der Waals surface area contributed by atoms with E-state index in [9.17, 15) is 14.4 Å². The van der Waals surface area contributed by atoms with Crippen LogP contribution in [0.2, 0.25) is 0 Å². The predicted molar refractivity (Wildman–Crippen MR) is 122 cm³/mol. The molecule has 1 aliphatic heterocycles. The number of carbonyl (C=O) groups is 3. The highest BCUT2D eigenvalue weighted by molar-refractivity contribution is 9.10. The van der Waals surface area contributed by atoms with Gasteiger partial charge in [-0.2, -0.15) is 0 Å². The second-order valence-corrected chi connectivity index (χ2v) is 8.12. The van der Waals surface area contributed by atoms with E-state index in [1.54, 1.807) is 48.5 Å². The Bertz CT molecular complexity index is 1150. The average molecular weight is 479 g/mol. The van der Waals surface area contributed by atoms with Gasteiger partial charge in [-0.05, 0) is 83.4 Å². The molecule has 3 aromatic carbocycles. The van der Waals surface area contributed by atoms with E-state index in [4.69, 9.17) is 4.74 Å². The number of fused-ring (bicyclic) bond motifs is 1. The van der Waals surface area contributed by atoms with Crippen molar-refractivity contribution < 1.29 is 19.1 Å². The molecule has 1 N–H and O–H groups in total. The van der Waals surface area contributed by atoms with Crippen molar-refractivity contribution in [1.29, 1.82) is 0 Å². The summed E-state index contributed by atoms with van der Waals surface area (Å²) in [6.45, 7) is 3.76. The third-order valence-corrected chi connectivity index (χ3v) is 5.51. The minimum atomic E-state index is -0.357. The molecule has 0 atom stereocenters. The number of anilines is 2. The van der Waals surface area contributed by atoms with Crippen LogP contribution in [0.5, 0.6) is 5.75 Å². The summed E-state index contributed by atoms with van der Waals surface area (Å²) in [6.07, 6.45) is 0. The molecule has 1 aliphatic rings. The molecule has 0 unspecified atom stereocenters. The van der Waals surface area contributed by atoms with Crippen molar-refractivity contribution in [1.82, 2.24) is 0 Å². The van der Waals surface area contributed by atoms with Gasteiger partial charge >= 0.3 is 0 Å². The van der Waals surface area contributed by atoms with Crippen LogP contribution in [0, 0.1) is 13.8 Å². The number of rotatable bonds is 5. The molecule has 3 aromatic rings. The lowest BCUT2D eigenvalue weighted by Crippen LogP contribution is -2.29. The number of ether oxygens (including phenoxy) is 1. The SMILES string of the molecule is Cc1cc(C)c(OCC(=O)Nc2ccc(N3C(=O)c4ccccc4C3=O)cc2)c(Br)c1. The Labute approximate surface area is 188 Å². The third kappa shape index (κ3) is 4.09. The fourth-order valence-electron chi connectivity index (χ4n) is 3.54. The van der Waals surface area contributed by atoms with E-state index in [1.165, 1.54) is 0 Å². The van der Waals surface area contributed by atoms with Crippen molar-refractivity contribution >= 4 is 45.0 Å². The molecule has 0 radical (unpaired) electrons. The molecule has 0 aliphatic carbocycles. The van der Waals surface area contributed by atoms with Gasteiger partial charge in [0.1, 0.15) is 5.75 Å². The van der Waals surface area contributed by atoms with Crippen molar-refractivity contribution in [3.8, 4) is 5.75 Å². The zero-order chi connectivity index (χ0) is 22.1. The van der Waals surface area contributed by atoms with Gasteiger partial charge in [0.2, 0.25) is 0 Å². The zero-order valence-corrected chi connectivity index (χ0v) is 18.5. The first-order chi connectivity index (χ1) is 14.8. The fourth-order valence-corrected chi connectivity index (χ4v) is 4.33. The van der Waals surface area contributed by atoms with Crippen LogP contribution in [0.25, 0.3) is 0 Å². The first-order valence-corrected chi connectivity index (χ1v) is 10.4. The van der Waals surface area contributed by atoms with E-state index < -0.39 is 0 Å². The van der Waals surface area contributed by atoms with Crippen LogP contribution >= 0.6 is 15.9 Å². The van der Waals surface area contributed by atoms with Gasteiger partial charge in [0, 0.05) is 5.69 Å². The molecule has 0 spiro atoms. The summed E-state index contributed by atoms with van der Waals surface area (Å²) < 4.78 is 6.46. The number of nitrogens with one attached hydrogen (secondary N) is 1. The molecule has 1 heterocycles. The summed E-state index contributed by atoms with van der Waals surface area (Å²) in [7, 11) is 0. The van der Waals surface area contributed by atoms with E-state index in [0.717, 1.165) is 20.5 Å². The van der Waals surface area contributed by atoms with Gasteiger partial charge in [0.15, 0.2) is 6.61 Å². The van der Waals surface area contributed by atoms with Gasteiger partial charge in [0.25, 0.3) is 17.7 Å². The van der Waals surface area contributed by atoms with Gasteiger partial charge in [-0.25, -0.2) is 4.90 Å². The lowest BCUT2D eigenvalue weighted by molar-refractivity contribution is -0.118. The van der Waals surface area contributed by atoms with Crippen molar-refractivity contribution in [3.05, 3.63) is 87.4 Å².